The van der Waals surface area contributed by atoms with Crippen LogP contribution in [0.3, 0.4) is 0 Å². The molecule has 2 atom stereocenters. The van der Waals surface area contributed by atoms with Gasteiger partial charge in [-0.15, -0.1) is 0 Å². The molecule has 0 amide bonds. The van der Waals surface area contributed by atoms with E-state index in [2.05, 4.69) is 5.16 Å². The van der Waals surface area contributed by atoms with Gasteiger partial charge in [0.25, 0.3) is 0 Å². The predicted octanol–water partition coefficient (Wildman–Crippen LogP) is 1.43. The average Bonchev–Trinajstić information content (AvgIpc) is 2.46. The van der Waals surface area contributed by atoms with Crippen molar-refractivity contribution < 1.29 is 13.6 Å². The number of nitrogens with two attached hydrogens (primary N) is 1. The van der Waals surface area contributed by atoms with Gasteiger partial charge in [-0.25, -0.2) is 12.7 Å². The molecule has 0 aliphatic heterocycles. The molecule has 1 aromatic rings. The molecule has 0 saturated heterocycles. The topological polar surface area (TPSA) is 96.0 Å². The Balaban J connectivity index is 2.73. The quantitative estimate of drug-likeness (QED) is 0.344. The number of amidine groups is 1. The Morgan fingerprint density at radius 2 is 1.90 bits per heavy atom. The van der Waals surface area contributed by atoms with Crippen molar-refractivity contribution in [3.8, 4) is 0 Å². The van der Waals surface area contributed by atoms with Gasteiger partial charge in [-0.3, -0.25) is 0 Å². The lowest BCUT2D eigenvalue weighted by atomic mass is 10.0. The highest BCUT2D eigenvalue weighted by Crippen LogP contribution is 2.18. The summed E-state index contributed by atoms with van der Waals surface area (Å²) < 4.78 is 25.9. The molecule has 3 N–H and O–H groups in total. The summed E-state index contributed by atoms with van der Waals surface area (Å²) in [6.07, 6.45) is 0. The fourth-order valence-electron chi connectivity index (χ4n) is 2.01. The van der Waals surface area contributed by atoms with Crippen molar-refractivity contribution in [2.45, 2.75) is 19.8 Å². The second-order valence-electron chi connectivity index (χ2n) is 5.30. The fraction of sp³-hybridized carbons (Fsp3) is 0.500. The molecule has 0 spiro atoms. The van der Waals surface area contributed by atoms with E-state index in [1.165, 1.54) is 11.4 Å². The van der Waals surface area contributed by atoms with E-state index in [9.17, 15) is 8.42 Å². The summed E-state index contributed by atoms with van der Waals surface area (Å²) in [4.78, 5) is 0. The van der Waals surface area contributed by atoms with E-state index in [0.29, 0.717) is 0 Å². The molecule has 118 valence electrons. The van der Waals surface area contributed by atoms with E-state index in [4.69, 9.17) is 10.9 Å². The largest absolute Gasteiger partial charge is 0.409 e. The van der Waals surface area contributed by atoms with Crippen LogP contribution in [-0.2, 0) is 10.0 Å². The van der Waals surface area contributed by atoms with Crippen LogP contribution < -0.4 is 5.73 Å². The molecule has 6 nitrogen and oxygen atoms in total. The lowest BCUT2D eigenvalue weighted by molar-refractivity contribution is 0.312. The van der Waals surface area contributed by atoms with Crippen LogP contribution in [0.5, 0.6) is 0 Å². The summed E-state index contributed by atoms with van der Waals surface area (Å²) in [6.45, 7) is 3.77. The number of nitrogens with zero attached hydrogens (tertiary/aromatic N) is 2. The van der Waals surface area contributed by atoms with Gasteiger partial charge in [0.15, 0.2) is 0 Å². The average molecular weight is 313 g/mol. The summed E-state index contributed by atoms with van der Waals surface area (Å²) in [6, 6.07) is 9.51. The zero-order chi connectivity index (χ0) is 16.0. The van der Waals surface area contributed by atoms with Gasteiger partial charge in [0.05, 0.1) is 5.75 Å². The highest BCUT2D eigenvalue weighted by atomic mass is 32.2. The van der Waals surface area contributed by atoms with Crippen molar-refractivity contribution in [3.05, 3.63) is 35.9 Å². The van der Waals surface area contributed by atoms with Crippen LogP contribution in [0.1, 0.15) is 25.3 Å². The second kappa shape index (κ2) is 7.42. The van der Waals surface area contributed by atoms with Crippen molar-refractivity contribution in [3.63, 3.8) is 0 Å². The zero-order valence-electron chi connectivity index (χ0n) is 12.6. The minimum atomic E-state index is -3.40. The Morgan fingerprint density at radius 3 is 2.43 bits per heavy atom. The Labute approximate surface area is 126 Å². The summed E-state index contributed by atoms with van der Waals surface area (Å²) in [7, 11) is -1.90. The van der Waals surface area contributed by atoms with Gasteiger partial charge in [-0.1, -0.05) is 49.3 Å². The number of rotatable bonds is 7. The molecule has 1 rings (SSSR count). The fourth-order valence-corrected chi connectivity index (χ4v) is 3.54. The maximum Gasteiger partial charge on any atom is 0.214 e. The predicted molar refractivity (Wildman–Crippen MR) is 83.8 cm³/mol. The van der Waals surface area contributed by atoms with Gasteiger partial charge in [-0.2, -0.15) is 0 Å². The van der Waals surface area contributed by atoms with Crippen molar-refractivity contribution in [1.82, 2.24) is 4.31 Å². The van der Waals surface area contributed by atoms with Crippen molar-refractivity contribution in [2.75, 3.05) is 19.3 Å². The number of hydrogen-bond donors (Lipinski definition) is 2. The van der Waals surface area contributed by atoms with Crippen LogP contribution in [-0.4, -0.2) is 43.1 Å². The van der Waals surface area contributed by atoms with Crippen LogP contribution >= 0.6 is 0 Å². The number of sulfonamides is 1. The van der Waals surface area contributed by atoms with Crippen molar-refractivity contribution in [2.24, 2.45) is 16.8 Å². The number of oxime groups is 1. The molecule has 21 heavy (non-hydrogen) atoms. The Bertz CT molecular complexity index is 572. The highest BCUT2D eigenvalue weighted by molar-refractivity contribution is 7.89. The first-order valence-corrected chi connectivity index (χ1v) is 8.35. The first kappa shape index (κ1) is 17.5. The van der Waals surface area contributed by atoms with Gasteiger partial charge in [0.2, 0.25) is 10.0 Å². The maximum atomic E-state index is 12.3. The molecule has 0 aliphatic carbocycles. The summed E-state index contributed by atoms with van der Waals surface area (Å²) in [5.41, 5.74) is 6.46. The molecule has 1 aromatic carbocycles. The van der Waals surface area contributed by atoms with Crippen LogP contribution in [0.4, 0.5) is 0 Å². The third-order valence-corrected chi connectivity index (χ3v) is 5.48. The van der Waals surface area contributed by atoms with Crippen molar-refractivity contribution >= 4 is 15.9 Å². The minimum Gasteiger partial charge on any atom is -0.409 e. The Kier molecular flexibility index (Phi) is 6.17. The number of hydrogen-bond acceptors (Lipinski definition) is 4. The standard InChI is InChI=1S/C14H23N3O3S/c1-11(14(15)16-18)9-17(3)21(19,20)10-12(2)13-7-5-4-6-8-13/h4-8,11-12,18H,9-10H2,1-3H3,(H2,15,16). The molecule has 2 unspecified atom stereocenters. The SMILES string of the molecule is CC(CN(C)S(=O)(=O)CC(C)c1ccccc1)/C(N)=N/O. The molecule has 0 saturated carbocycles. The van der Waals surface area contributed by atoms with E-state index < -0.39 is 10.0 Å². The lowest BCUT2D eigenvalue weighted by Crippen LogP contribution is -2.38. The van der Waals surface area contributed by atoms with Crippen LogP contribution in [0.2, 0.25) is 0 Å². The summed E-state index contributed by atoms with van der Waals surface area (Å²) in [5, 5.41) is 11.5. The van der Waals surface area contributed by atoms with Gasteiger partial charge >= 0.3 is 0 Å². The molecular formula is C14H23N3O3S. The van der Waals surface area contributed by atoms with Gasteiger partial charge < -0.3 is 10.9 Å². The molecule has 0 aromatic heterocycles. The maximum absolute atomic E-state index is 12.3. The molecule has 0 radical (unpaired) electrons. The first-order valence-electron chi connectivity index (χ1n) is 6.74. The summed E-state index contributed by atoms with van der Waals surface area (Å²) >= 11 is 0. The van der Waals surface area contributed by atoms with Crippen LogP contribution in [0.25, 0.3) is 0 Å². The van der Waals surface area contributed by atoms with E-state index in [1.807, 2.05) is 37.3 Å². The van der Waals surface area contributed by atoms with Gasteiger partial charge in [0, 0.05) is 19.5 Å². The third kappa shape index (κ3) is 5.02. The Morgan fingerprint density at radius 1 is 1.33 bits per heavy atom. The normalized spacial score (nSPS) is 15.9. The summed E-state index contributed by atoms with van der Waals surface area (Å²) in [5.74, 6) is -0.399. The van der Waals surface area contributed by atoms with E-state index >= 15 is 0 Å². The molecule has 7 heteroatoms. The monoisotopic (exact) mass is 313 g/mol. The smallest absolute Gasteiger partial charge is 0.214 e. The van der Waals surface area contributed by atoms with E-state index in [1.54, 1.807) is 6.92 Å². The van der Waals surface area contributed by atoms with E-state index in [0.717, 1.165) is 5.56 Å². The van der Waals surface area contributed by atoms with Gasteiger partial charge in [-0.05, 0) is 11.5 Å². The highest BCUT2D eigenvalue weighted by Gasteiger charge is 2.24. The van der Waals surface area contributed by atoms with Crippen molar-refractivity contribution in [1.29, 1.82) is 0 Å². The molecule has 0 fully saturated rings. The van der Waals surface area contributed by atoms with E-state index in [-0.39, 0.29) is 30.0 Å². The molecule has 0 heterocycles. The first-order chi connectivity index (χ1) is 9.77. The zero-order valence-corrected chi connectivity index (χ0v) is 13.4. The molecular weight excluding hydrogens is 290 g/mol. The molecule has 0 aliphatic rings. The molecule has 0 bridgehead atoms. The van der Waals surface area contributed by atoms with Crippen LogP contribution in [0.15, 0.2) is 35.5 Å². The Hall–Kier alpha value is -1.60. The minimum absolute atomic E-state index is 0.0214. The second-order valence-corrected chi connectivity index (χ2v) is 7.42. The van der Waals surface area contributed by atoms with Crippen LogP contribution in [0, 0.1) is 5.92 Å². The lowest BCUT2D eigenvalue weighted by Gasteiger charge is -2.22. The van der Waals surface area contributed by atoms with Gasteiger partial charge in [0.1, 0.15) is 5.84 Å². The number of benzene rings is 1. The third-order valence-electron chi connectivity index (χ3n) is 3.46.